The molecule has 1 aliphatic rings. The van der Waals surface area contributed by atoms with Gasteiger partial charge in [-0.1, -0.05) is 13.8 Å². The van der Waals surface area contributed by atoms with E-state index in [9.17, 15) is 22.8 Å². The Morgan fingerprint density at radius 1 is 1.36 bits per heavy atom. The highest BCUT2D eigenvalue weighted by Gasteiger charge is 2.34. The first-order valence-electron chi connectivity index (χ1n) is 8.12. The standard InChI is InChI=1S/C17H21F3N2O2S/c1-10(2)4-3-7-21-15(23)9-14-16(24)22-12-8-11(17(18,19)20)5-6-13(12)25-14/h5-6,8,10,14H,3-4,7,9H2,1-2H3,(H,21,23)(H,22,24). The minimum atomic E-state index is -4.46. The lowest BCUT2D eigenvalue weighted by Gasteiger charge is -2.24. The molecule has 1 aromatic carbocycles. The van der Waals surface area contributed by atoms with Crippen molar-refractivity contribution < 1.29 is 22.8 Å². The summed E-state index contributed by atoms with van der Waals surface area (Å²) in [7, 11) is 0. The van der Waals surface area contributed by atoms with Gasteiger partial charge < -0.3 is 10.6 Å². The molecule has 1 atom stereocenters. The minimum Gasteiger partial charge on any atom is -0.356 e. The summed E-state index contributed by atoms with van der Waals surface area (Å²) in [5.41, 5.74) is -0.674. The third-order valence-corrected chi connectivity index (χ3v) is 5.05. The summed E-state index contributed by atoms with van der Waals surface area (Å²) in [5.74, 6) is -0.115. The number of rotatable bonds is 6. The molecule has 0 spiro atoms. The highest BCUT2D eigenvalue weighted by Crippen LogP contribution is 2.40. The fourth-order valence-electron chi connectivity index (χ4n) is 2.44. The van der Waals surface area contributed by atoms with E-state index in [1.54, 1.807) is 0 Å². The van der Waals surface area contributed by atoms with Crippen LogP contribution in [0.5, 0.6) is 0 Å². The number of benzene rings is 1. The summed E-state index contributed by atoms with van der Waals surface area (Å²) < 4.78 is 38.2. The Kier molecular flexibility index (Phi) is 6.37. The fourth-order valence-corrected chi connectivity index (χ4v) is 3.53. The zero-order chi connectivity index (χ0) is 18.6. The van der Waals surface area contributed by atoms with Crippen LogP contribution in [0.25, 0.3) is 0 Å². The molecular formula is C17H21F3N2O2S. The van der Waals surface area contributed by atoms with Crippen LogP contribution in [-0.2, 0) is 15.8 Å². The van der Waals surface area contributed by atoms with Crippen LogP contribution in [-0.4, -0.2) is 23.6 Å². The lowest BCUT2D eigenvalue weighted by molar-refractivity contribution is -0.137. The summed E-state index contributed by atoms with van der Waals surface area (Å²) in [4.78, 5) is 24.6. The van der Waals surface area contributed by atoms with Gasteiger partial charge in [-0.3, -0.25) is 9.59 Å². The maximum atomic E-state index is 12.7. The molecule has 2 rings (SSSR count). The number of fused-ring (bicyclic) bond motifs is 1. The van der Waals surface area contributed by atoms with Crippen LogP contribution in [0.1, 0.15) is 38.7 Å². The number of alkyl halides is 3. The van der Waals surface area contributed by atoms with Gasteiger partial charge in [-0.15, -0.1) is 11.8 Å². The van der Waals surface area contributed by atoms with Crippen molar-refractivity contribution in [1.29, 1.82) is 0 Å². The predicted molar refractivity (Wildman–Crippen MR) is 91.4 cm³/mol. The minimum absolute atomic E-state index is 0.00135. The monoisotopic (exact) mass is 374 g/mol. The Morgan fingerprint density at radius 2 is 2.08 bits per heavy atom. The molecule has 0 saturated carbocycles. The highest BCUT2D eigenvalue weighted by atomic mass is 32.2. The maximum Gasteiger partial charge on any atom is 0.416 e. The van der Waals surface area contributed by atoms with Crippen molar-refractivity contribution in [3.8, 4) is 0 Å². The average Bonchev–Trinajstić information content (AvgIpc) is 2.50. The van der Waals surface area contributed by atoms with Gasteiger partial charge in [-0.25, -0.2) is 0 Å². The van der Waals surface area contributed by atoms with Gasteiger partial charge in [0, 0.05) is 17.9 Å². The maximum absolute atomic E-state index is 12.7. The Hall–Kier alpha value is -1.70. The van der Waals surface area contributed by atoms with Crippen molar-refractivity contribution in [3.63, 3.8) is 0 Å². The number of anilines is 1. The molecule has 2 N–H and O–H groups in total. The largest absolute Gasteiger partial charge is 0.416 e. The van der Waals surface area contributed by atoms with Crippen LogP contribution in [0.15, 0.2) is 23.1 Å². The van der Waals surface area contributed by atoms with Crippen LogP contribution >= 0.6 is 11.8 Å². The molecule has 1 heterocycles. The van der Waals surface area contributed by atoms with Gasteiger partial charge in [-0.2, -0.15) is 13.2 Å². The quantitative estimate of drug-likeness (QED) is 0.739. The van der Waals surface area contributed by atoms with Gasteiger partial charge in [0.1, 0.15) is 0 Å². The zero-order valence-electron chi connectivity index (χ0n) is 14.1. The Bertz CT molecular complexity index is 647. The summed E-state index contributed by atoms with van der Waals surface area (Å²) in [6.45, 7) is 4.76. The first-order valence-corrected chi connectivity index (χ1v) is 9.00. The topological polar surface area (TPSA) is 58.2 Å². The van der Waals surface area contributed by atoms with E-state index >= 15 is 0 Å². The second-order valence-corrected chi connectivity index (χ2v) is 7.64. The summed E-state index contributed by atoms with van der Waals surface area (Å²) in [6, 6.07) is 3.23. The third-order valence-electron chi connectivity index (χ3n) is 3.78. The average molecular weight is 374 g/mol. The zero-order valence-corrected chi connectivity index (χ0v) is 14.9. The molecule has 138 valence electrons. The van der Waals surface area contributed by atoms with Crippen molar-refractivity contribution in [1.82, 2.24) is 5.32 Å². The first kappa shape index (κ1) is 19.6. The Balaban J connectivity index is 1.93. The van der Waals surface area contributed by atoms with E-state index < -0.39 is 22.9 Å². The highest BCUT2D eigenvalue weighted by molar-refractivity contribution is 8.01. The first-order chi connectivity index (χ1) is 11.7. The number of carbonyl (C=O) groups excluding carboxylic acids is 2. The number of thioether (sulfide) groups is 1. The van der Waals surface area contributed by atoms with Crippen molar-refractivity contribution in [2.24, 2.45) is 5.92 Å². The lowest BCUT2D eigenvalue weighted by atomic mass is 10.1. The number of nitrogens with one attached hydrogen (secondary N) is 2. The summed E-state index contributed by atoms with van der Waals surface area (Å²) in [5, 5.41) is 4.60. The van der Waals surface area contributed by atoms with Crippen LogP contribution in [0.2, 0.25) is 0 Å². The van der Waals surface area contributed by atoms with Crippen LogP contribution < -0.4 is 10.6 Å². The molecule has 4 nitrogen and oxygen atoms in total. The molecule has 1 unspecified atom stereocenters. The van der Waals surface area contributed by atoms with Crippen molar-refractivity contribution in [2.75, 3.05) is 11.9 Å². The number of amides is 2. The van der Waals surface area contributed by atoms with Crippen LogP contribution in [0.3, 0.4) is 0 Å². The second kappa shape index (κ2) is 8.12. The SMILES string of the molecule is CC(C)CCCNC(=O)CC1Sc2ccc(C(F)(F)F)cc2NC1=O. The number of hydrogen-bond acceptors (Lipinski definition) is 3. The van der Waals surface area contributed by atoms with Gasteiger partial charge in [0.15, 0.2) is 0 Å². The van der Waals surface area contributed by atoms with E-state index in [0.717, 1.165) is 36.7 Å². The van der Waals surface area contributed by atoms with E-state index in [1.165, 1.54) is 6.07 Å². The molecule has 25 heavy (non-hydrogen) atoms. The molecule has 0 bridgehead atoms. The van der Waals surface area contributed by atoms with Gasteiger partial charge in [-0.05, 0) is 37.0 Å². The van der Waals surface area contributed by atoms with E-state index in [1.807, 2.05) is 0 Å². The number of carbonyl (C=O) groups is 2. The van der Waals surface area contributed by atoms with Crippen molar-refractivity contribution >= 4 is 29.3 Å². The van der Waals surface area contributed by atoms with Gasteiger partial charge in [0.2, 0.25) is 11.8 Å². The molecule has 0 saturated heterocycles. The van der Waals surface area contributed by atoms with E-state index in [0.29, 0.717) is 17.4 Å². The van der Waals surface area contributed by atoms with Crippen molar-refractivity contribution in [3.05, 3.63) is 23.8 Å². The summed E-state index contributed by atoms with van der Waals surface area (Å²) >= 11 is 1.12. The van der Waals surface area contributed by atoms with E-state index in [-0.39, 0.29) is 18.0 Å². The van der Waals surface area contributed by atoms with Gasteiger partial charge >= 0.3 is 6.18 Å². The molecule has 0 radical (unpaired) electrons. The van der Waals surface area contributed by atoms with Gasteiger partial charge in [0.25, 0.3) is 0 Å². The molecule has 0 aromatic heterocycles. The normalized spacial score (nSPS) is 17.2. The molecule has 1 aromatic rings. The number of halogens is 3. The van der Waals surface area contributed by atoms with Crippen LogP contribution in [0.4, 0.5) is 18.9 Å². The Labute approximate surface area is 148 Å². The predicted octanol–water partition coefficient (Wildman–Crippen LogP) is 4.06. The molecule has 8 heteroatoms. The van der Waals surface area contributed by atoms with Crippen LogP contribution in [0, 0.1) is 5.92 Å². The van der Waals surface area contributed by atoms with E-state index in [2.05, 4.69) is 24.5 Å². The lowest BCUT2D eigenvalue weighted by Crippen LogP contribution is -2.35. The fraction of sp³-hybridized carbons (Fsp3) is 0.529. The molecule has 0 fully saturated rings. The summed E-state index contributed by atoms with van der Waals surface area (Å²) in [6.07, 6.45) is -2.58. The van der Waals surface area contributed by atoms with Crippen molar-refractivity contribution in [2.45, 2.75) is 49.4 Å². The van der Waals surface area contributed by atoms with E-state index in [4.69, 9.17) is 0 Å². The second-order valence-electron chi connectivity index (χ2n) is 6.39. The molecule has 2 amide bonds. The Morgan fingerprint density at radius 3 is 2.72 bits per heavy atom. The smallest absolute Gasteiger partial charge is 0.356 e. The molecule has 0 aliphatic carbocycles. The van der Waals surface area contributed by atoms with Gasteiger partial charge in [0.05, 0.1) is 16.5 Å². The molecular weight excluding hydrogens is 353 g/mol. The number of hydrogen-bond donors (Lipinski definition) is 2. The molecule has 1 aliphatic heterocycles. The third kappa shape index (κ3) is 5.66.